The van der Waals surface area contributed by atoms with Gasteiger partial charge in [0.25, 0.3) is 0 Å². The van der Waals surface area contributed by atoms with Gasteiger partial charge in [0.2, 0.25) is 5.78 Å². The molecule has 3 aromatic rings. The Hall–Kier alpha value is -2.29. The molecule has 0 atom stereocenters. The SMILES string of the molecule is CCc1ccc(C(=O)c2c[nH]c3cc(C)ccc23)o1. The van der Waals surface area contributed by atoms with Crippen molar-refractivity contribution in [1.82, 2.24) is 4.98 Å². The molecule has 2 aromatic heterocycles. The van der Waals surface area contributed by atoms with Crippen molar-refractivity contribution in [3.8, 4) is 0 Å². The van der Waals surface area contributed by atoms with Crippen LogP contribution in [0.5, 0.6) is 0 Å². The molecule has 0 saturated carbocycles. The van der Waals surface area contributed by atoms with Crippen molar-refractivity contribution in [2.45, 2.75) is 20.3 Å². The lowest BCUT2D eigenvalue weighted by Crippen LogP contribution is -1.98. The van der Waals surface area contributed by atoms with Crippen LogP contribution in [0.2, 0.25) is 0 Å². The van der Waals surface area contributed by atoms with E-state index >= 15 is 0 Å². The molecular formula is C16H15NO2. The minimum atomic E-state index is -0.0743. The van der Waals surface area contributed by atoms with Crippen LogP contribution in [0, 0.1) is 6.92 Å². The summed E-state index contributed by atoms with van der Waals surface area (Å²) >= 11 is 0. The quantitative estimate of drug-likeness (QED) is 0.720. The fourth-order valence-corrected chi connectivity index (χ4v) is 2.25. The molecule has 0 amide bonds. The average molecular weight is 253 g/mol. The second-order valence-corrected chi connectivity index (χ2v) is 4.70. The zero-order valence-corrected chi connectivity index (χ0v) is 11.0. The minimum Gasteiger partial charge on any atom is -0.458 e. The topological polar surface area (TPSA) is 46.0 Å². The van der Waals surface area contributed by atoms with Crippen LogP contribution in [0.1, 0.15) is 34.4 Å². The monoisotopic (exact) mass is 253 g/mol. The zero-order valence-electron chi connectivity index (χ0n) is 11.0. The van der Waals surface area contributed by atoms with E-state index < -0.39 is 0 Å². The van der Waals surface area contributed by atoms with Crippen molar-refractivity contribution in [3.63, 3.8) is 0 Å². The molecule has 0 aliphatic heterocycles. The van der Waals surface area contributed by atoms with Gasteiger partial charge in [0.05, 0.1) is 5.56 Å². The van der Waals surface area contributed by atoms with E-state index in [1.807, 2.05) is 38.1 Å². The van der Waals surface area contributed by atoms with Gasteiger partial charge in [-0.25, -0.2) is 0 Å². The highest BCUT2D eigenvalue weighted by Crippen LogP contribution is 2.23. The number of furan rings is 1. The van der Waals surface area contributed by atoms with E-state index in [-0.39, 0.29) is 5.78 Å². The zero-order chi connectivity index (χ0) is 13.4. The number of carbonyl (C=O) groups excluding carboxylic acids is 1. The summed E-state index contributed by atoms with van der Waals surface area (Å²) in [6.45, 7) is 4.03. The number of ketones is 1. The largest absolute Gasteiger partial charge is 0.458 e. The number of H-pyrrole nitrogens is 1. The molecule has 3 nitrogen and oxygen atoms in total. The Morgan fingerprint density at radius 3 is 2.84 bits per heavy atom. The number of carbonyl (C=O) groups is 1. The summed E-state index contributed by atoms with van der Waals surface area (Å²) < 4.78 is 5.53. The number of aromatic amines is 1. The van der Waals surface area contributed by atoms with Gasteiger partial charge < -0.3 is 9.40 Å². The standard InChI is InChI=1S/C16H15NO2/c1-3-11-5-7-15(19-11)16(18)13-9-17-14-8-10(2)4-6-12(13)14/h4-9,17H,3H2,1-2H3. The molecular weight excluding hydrogens is 238 g/mol. The molecule has 3 heteroatoms. The first-order chi connectivity index (χ1) is 9.19. The minimum absolute atomic E-state index is 0.0743. The highest BCUT2D eigenvalue weighted by Gasteiger charge is 2.17. The van der Waals surface area contributed by atoms with E-state index in [0.717, 1.165) is 23.1 Å². The van der Waals surface area contributed by atoms with Crippen LogP contribution in [-0.2, 0) is 6.42 Å². The van der Waals surface area contributed by atoms with Crippen LogP contribution < -0.4 is 0 Å². The molecule has 0 unspecified atom stereocenters. The smallest absolute Gasteiger partial charge is 0.230 e. The number of benzene rings is 1. The van der Waals surface area contributed by atoms with Crippen molar-refractivity contribution in [2.75, 3.05) is 0 Å². The molecule has 0 bridgehead atoms. The van der Waals surface area contributed by atoms with Gasteiger partial charge in [0.1, 0.15) is 5.76 Å². The van der Waals surface area contributed by atoms with Gasteiger partial charge in [-0.15, -0.1) is 0 Å². The van der Waals surface area contributed by atoms with E-state index in [0.29, 0.717) is 11.3 Å². The first kappa shape index (κ1) is 11.8. The second-order valence-electron chi connectivity index (χ2n) is 4.70. The lowest BCUT2D eigenvalue weighted by molar-refractivity contribution is 0.101. The van der Waals surface area contributed by atoms with Gasteiger partial charge >= 0.3 is 0 Å². The third-order valence-electron chi connectivity index (χ3n) is 3.32. The second kappa shape index (κ2) is 4.43. The van der Waals surface area contributed by atoms with E-state index in [1.165, 1.54) is 5.56 Å². The molecule has 3 rings (SSSR count). The Labute approximate surface area is 111 Å². The van der Waals surface area contributed by atoms with Crippen LogP contribution in [0.15, 0.2) is 40.9 Å². The number of rotatable bonds is 3. The first-order valence-corrected chi connectivity index (χ1v) is 6.40. The Balaban J connectivity index is 2.06. The molecule has 0 saturated heterocycles. The van der Waals surface area contributed by atoms with Gasteiger partial charge in [-0.2, -0.15) is 0 Å². The number of hydrogen-bond acceptors (Lipinski definition) is 2. The summed E-state index contributed by atoms with van der Waals surface area (Å²) in [7, 11) is 0. The van der Waals surface area contributed by atoms with Gasteiger partial charge in [0.15, 0.2) is 5.76 Å². The molecule has 0 fully saturated rings. The van der Waals surface area contributed by atoms with E-state index in [2.05, 4.69) is 4.98 Å². The first-order valence-electron chi connectivity index (χ1n) is 6.40. The number of hydrogen-bond donors (Lipinski definition) is 1. The van der Waals surface area contributed by atoms with Crippen LogP contribution in [0.4, 0.5) is 0 Å². The Kier molecular flexibility index (Phi) is 2.75. The van der Waals surface area contributed by atoms with E-state index in [9.17, 15) is 4.79 Å². The molecule has 0 aliphatic rings. The molecule has 0 aliphatic carbocycles. The molecule has 19 heavy (non-hydrogen) atoms. The molecule has 1 N–H and O–H groups in total. The van der Waals surface area contributed by atoms with Crippen LogP contribution in [-0.4, -0.2) is 10.8 Å². The maximum Gasteiger partial charge on any atom is 0.230 e. The number of nitrogens with one attached hydrogen (secondary N) is 1. The third-order valence-corrected chi connectivity index (χ3v) is 3.32. The Morgan fingerprint density at radius 2 is 2.11 bits per heavy atom. The molecule has 0 radical (unpaired) electrons. The maximum absolute atomic E-state index is 12.4. The van der Waals surface area contributed by atoms with Crippen molar-refractivity contribution < 1.29 is 9.21 Å². The van der Waals surface area contributed by atoms with Crippen LogP contribution >= 0.6 is 0 Å². The molecule has 96 valence electrons. The number of fused-ring (bicyclic) bond motifs is 1. The summed E-state index contributed by atoms with van der Waals surface area (Å²) in [5, 5.41) is 0.935. The molecule has 2 heterocycles. The molecule has 1 aromatic carbocycles. The summed E-state index contributed by atoms with van der Waals surface area (Å²) in [6, 6.07) is 9.61. The highest BCUT2D eigenvalue weighted by atomic mass is 16.3. The lowest BCUT2D eigenvalue weighted by Gasteiger charge is -1.97. The van der Waals surface area contributed by atoms with Crippen molar-refractivity contribution in [3.05, 3.63) is 59.2 Å². The Morgan fingerprint density at radius 1 is 1.26 bits per heavy atom. The van der Waals surface area contributed by atoms with Gasteiger partial charge in [-0.3, -0.25) is 4.79 Å². The Bertz CT molecular complexity index is 749. The predicted molar refractivity (Wildman–Crippen MR) is 74.6 cm³/mol. The van der Waals surface area contributed by atoms with Gasteiger partial charge in [0, 0.05) is 23.5 Å². The van der Waals surface area contributed by atoms with Crippen molar-refractivity contribution in [2.24, 2.45) is 0 Å². The van der Waals surface area contributed by atoms with Gasteiger partial charge in [-0.05, 0) is 30.7 Å². The summed E-state index contributed by atoms with van der Waals surface area (Å²) in [5.41, 5.74) is 2.80. The number of aromatic nitrogens is 1. The van der Waals surface area contributed by atoms with E-state index in [4.69, 9.17) is 4.42 Å². The van der Waals surface area contributed by atoms with Crippen LogP contribution in [0.3, 0.4) is 0 Å². The summed E-state index contributed by atoms with van der Waals surface area (Å²) in [6.07, 6.45) is 2.54. The summed E-state index contributed by atoms with van der Waals surface area (Å²) in [4.78, 5) is 15.6. The lowest BCUT2D eigenvalue weighted by atomic mass is 10.1. The normalized spacial score (nSPS) is 11.1. The highest BCUT2D eigenvalue weighted by molar-refractivity contribution is 6.15. The van der Waals surface area contributed by atoms with Crippen molar-refractivity contribution >= 4 is 16.7 Å². The van der Waals surface area contributed by atoms with E-state index in [1.54, 1.807) is 12.3 Å². The number of aryl methyl sites for hydroxylation is 2. The predicted octanol–water partition coefficient (Wildman–Crippen LogP) is 3.86. The average Bonchev–Trinajstić information content (AvgIpc) is 3.03. The van der Waals surface area contributed by atoms with Crippen LogP contribution in [0.25, 0.3) is 10.9 Å². The fraction of sp³-hybridized carbons (Fsp3) is 0.188. The maximum atomic E-state index is 12.4. The summed E-state index contributed by atoms with van der Waals surface area (Å²) in [5.74, 6) is 1.16. The van der Waals surface area contributed by atoms with Crippen molar-refractivity contribution in [1.29, 1.82) is 0 Å². The fourth-order valence-electron chi connectivity index (χ4n) is 2.25. The molecule has 0 spiro atoms. The third kappa shape index (κ3) is 1.97. The van der Waals surface area contributed by atoms with Gasteiger partial charge in [-0.1, -0.05) is 19.1 Å².